The summed E-state index contributed by atoms with van der Waals surface area (Å²) in [5.74, 6) is -0.597. The van der Waals surface area contributed by atoms with Crippen molar-refractivity contribution in [3.05, 3.63) is 65.5 Å². The lowest BCUT2D eigenvalue weighted by Gasteiger charge is -2.08. The van der Waals surface area contributed by atoms with Gasteiger partial charge in [0, 0.05) is 17.8 Å². The van der Waals surface area contributed by atoms with Gasteiger partial charge in [0.15, 0.2) is 0 Å². The molecule has 2 N–H and O–H groups in total. The summed E-state index contributed by atoms with van der Waals surface area (Å²) in [6.07, 6.45) is 0. The van der Waals surface area contributed by atoms with Crippen molar-refractivity contribution < 1.29 is 9.18 Å². The van der Waals surface area contributed by atoms with E-state index < -0.39 is 0 Å². The highest BCUT2D eigenvalue weighted by Crippen LogP contribution is 2.12. The second-order valence-electron chi connectivity index (χ2n) is 4.44. The van der Waals surface area contributed by atoms with Crippen LogP contribution in [0.25, 0.3) is 0 Å². The summed E-state index contributed by atoms with van der Waals surface area (Å²) in [5, 5.41) is 6.03. The first-order chi connectivity index (χ1) is 9.69. The van der Waals surface area contributed by atoms with Crippen molar-refractivity contribution in [1.29, 1.82) is 0 Å². The van der Waals surface area contributed by atoms with Gasteiger partial charge >= 0.3 is 0 Å². The first-order valence-corrected chi connectivity index (χ1v) is 6.55. The van der Waals surface area contributed by atoms with Gasteiger partial charge in [0.05, 0.1) is 0 Å². The maximum Gasteiger partial charge on any atom is 0.255 e. The molecule has 0 fully saturated rings. The summed E-state index contributed by atoms with van der Waals surface area (Å²) in [5.41, 5.74) is 2.27. The second kappa shape index (κ2) is 6.82. The number of carbonyl (C=O) groups excluding carboxylic acids is 1. The van der Waals surface area contributed by atoms with Gasteiger partial charge in [-0.1, -0.05) is 19.1 Å². The predicted molar refractivity (Wildman–Crippen MR) is 78.2 cm³/mol. The fourth-order valence-electron chi connectivity index (χ4n) is 1.83. The third kappa shape index (κ3) is 3.90. The van der Waals surface area contributed by atoms with Gasteiger partial charge in [-0.25, -0.2) is 4.39 Å². The molecular formula is C16H17FN2O. The number of rotatable bonds is 5. The summed E-state index contributed by atoms with van der Waals surface area (Å²) in [7, 11) is 0. The van der Waals surface area contributed by atoms with E-state index in [2.05, 4.69) is 10.6 Å². The van der Waals surface area contributed by atoms with Crippen molar-refractivity contribution in [1.82, 2.24) is 5.32 Å². The van der Waals surface area contributed by atoms with Crippen LogP contribution >= 0.6 is 0 Å². The first kappa shape index (κ1) is 14.2. The fraction of sp³-hybridized carbons (Fsp3) is 0.188. The number of hydrogen-bond donors (Lipinski definition) is 2. The molecule has 4 heteroatoms. The lowest BCUT2D eigenvalue weighted by Crippen LogP contribution is -2.14. The van der Waals surface area contributed by atoms with Gasteiger partial charge in [0.25, 0.3) is 5.91 Å². The molecule has 0 saturated carbocycles. The van der Waals surface area contributed by atoms with Gasteiger partial charge in [-0.3, -0.25) is 4.79 Å². The Bertz CT molecular complexity index is 581. The van der Waals surface area contributed by atoms with Gasteiger partial charge in [-0.05, 0) is 48.5 Å². The van der Waals surface area contributed by atoms with Crippen LogP contribution in [0, 0.1) is 5.82 Å². The molecule has 0 saturated heterocycles. The first-order valence-electron chi connectivity index (χ1n) is 6.55. The van der Waals surface area contributed by atoms with E-state index in [-0.39, 0.29) is 11.7 Å². The van der Waals surface area contributed by atoms with Gasteiger partial charge in [-0.15, -0.1) is 0 Å². The molecular weight excluding hydrogens is 255 g/mol. The van der Waals surface area contributed by atoms with Crippen LogP contribution < -0.4 is 10.6 Å². The lowest BCUT2D eigenvalue weighted by atomic mass is 10.1. The van der Waals surface area contributed by atoms with Crippen LogP contribution in [0.1, 0.15) is 22.8 Å². The molecule has 0 bridgehead atoms. The molecule has 3 nitrogen and oxygen atoms in total. The third-order valence-electron chi connectivity index (χ3n) is 2.87. The summed E-state index contributed by atoms with van der Waals surface area (Å²) in [4.78, 5) is 12.0. The highest BCUT2D eigenvalue weighted by molar-refractivity contribution is 6.04. The maximum absolute atomic E-state index is 12.8. The van der Waals surface area contributed by atoms with E-state index in [4.69, 9.17) is 0 Å². The number of benzene rings is 2. The molecule has 0 aliphatic carbocycles. The summed E-state index contributed by atoms with van der Waals surface area (Å²) < 4.78 is 12.8. The number of anilines is 1. The molecule has 0 heterocycles. The Morgan fingerprint density at radius 2 is 1.90 bits per heavy atom. The topological polar surface area (TPSA) is 41.1 Å². The molecule has 2 rings (SSSR count). The molecule has 20 heavy (non-hydrogen) atoms. The van der Waals surface area contributed by atoms with E-state index in [1.807, 2.05) is 31.2 Å². The van der Waals surface area contributed by atoms with Crippen LogP contribution in [-0.4, -0.2) is 12.5 Å². The number of nitrogens with one attached hydrogen (secondary N) is 2. The van der Waals surface area contributed by atoms with E-state index in [1.54, 1.807) is 0 Å². The Kier molecular flexibility index (Phi) is 4.85. The molecule has 0 radical (unpaired) electrons. The largest absolute Gasteiger partial charge is 0.322 e. The highest BCUT2D eigenvalue weighted by Gasteiger charge is 2.06. The fourth-order valence-corrected chi connectivity index (χ4v) is 1.83. The molecule has 0 unspecified atom stereocenters. The normalized spacial score (nSPS) is 10.3. The zero-order valence-corrected chi connectivity index (χ0v) is 11.3. The third-order valence-corrected chi connectivity index (χ3v) is 2.87. The molecule has 0 atom stereocenters. The van der Waals surface area contributed by atoms with Crippen molar-refractivity contribution in [2.24, 2.45) is 0 Å². The van der Waals surface area contributed by atoms with Crippen molar-refractivity contribution in [2.75, 3.05) is 11.9 Å². The Morgan fingerprint density at radius 1 is 1.15 bits per heavy atom. The Balaban J connectivity index is 2.05. The highest BCUT2D eigenvalue weighted by atomic mass is 19.1. The smallest absolute Gasteiger partial charge is 0.255 e. The molecule has 0 spiro atoms. The molecule has 1 amide bonds. The van der Waals surface area contributed by atoms with Crippen molar-refractivity contribution in [3.8, 4) is 0 Å². The Morgan fingerprint density at radius 3 is 2.60 bits per heavy atom. The van der Waals surface area contributed by atoms with E-state index >= 15 is 0 Å². The van der Waals surface area contributed by atoms with Crippen LogP contribution in [0.4, 0.5) is 10.1 Å². The Hall–Kier alpha value is -2.20. The van der Waals surface area contributed by atoms with Gasteiger partial charge in [0.2, 0.25) is 0 Å². The van der Waals surface area contributed by atoms with E-state index in [0.29, 0.717) is 5.56 Å². The van der Waals surface area contributed by atoms with Crippen LogP contribution in [-0.2, 0) is 6.54 Å². The molecule has 2 aromatic rings. The van der Waals surface area contributed by atoms with E-state index in [0.717, 1.165) is 24.3 Å². The minimum Gasteiger partial charge on any atom is -0.322 e. The SMILES string of the molecule is CCNCc1cccc(NC(=O)c2ccc(F)cc2)c1. The molecule has 104 valence electrons. The number of halogens is 1. The quantitative estimate of drug-likeness (QED) is 0.877. The lowest BCUT2D eigenvalue weighted by molar-refractivity contribution is 0.102. The summed E-state index contributed by atoms with van der Waals surface area (Å²) >= 11 is 0. The zero-order chi connectivity index (χ0) is 14.4. The molecule has 0 aliphatic heterocycles. The summed E-state index contributed by atoms with van der Waals surface area (Å²) in [6.45, 7) is 3.70. The van der Waals surface area contributed by atoms with Crippen LogP contribution in [0.5, 0.6) is 0 Å². The van der Waals surface area contributed by atoms with Crippen molar-refractivity contribution in [2.45, 2.75) is 13.5 Å². The second-order valence-corrected chi connectivity index (χ2v) is 4.44. The van der Waals surface area contributed by atoms with Crippen molar-refractivity contribution >= 4 is 11.6 Å². The minimum atomic E-state index is -0.353. The van der Waals surface area contributed by atoms with Crippen LogP contribution in [0.3, 0.4) is 0 Å². The van der Waals surface area contributed by atoms with E-state index in [9.17, 15) is 9.18 Å². The molecule has 0 aromatic heterocycles. The number of hydrogen-bond acceptors (Lipinski definition) is 2. The van der Waals surface area contributed by atoms with Crippen molar-refractivity contribution in [3.63, 3.8) is 0 Å². The average molecular weight is 272 g/mol. The van der Waals surface area contributed by atoms with Gasteiger partial charge in [-0.2, -0.15) is 0 Å². The minimum absolute atomic E-state index is 0.245. The zero-order valence-electron chi connectivity index (χ0n) is 11.3. The number of amides is 1. The molecule has 0 aliphatic rings. The average Bonchev–Trinajstić information content (AvgIpc) is 2.46. The Labute approximate surface area is 117 Å². The maximum atomic E-state index is 12.8. The monoisotopic (exact) mass is 272 g/mol. The van der Waals surface area contributed by atoms with Crippen LogP contribution in [0.2, 0.25) is 0 Å². The molecule has 2 aromatic carbocycles. The van der Waals surface area contributed by atoms with Gasteiger partial charge < -0.3 is 10.6 Å². The number of carbonyl (C=O) groups is 1. The summed E-state index contributed by atoms with van der Waals surface area (Å²) in [6, 6.07) is 13.1. The predicted octanol–water partition coefficient (Wildman–Crippen LogP) is 3.19. The van der Waals surface area contributed by atoms with Crippen LogP contribution in [0.15, 0.2) is 48.5 Å². The van der Waals surface area contributed by atoms with E-state index in [1.165, 1.54) is 24.3 Å². The standard InChI is InChI=1S/C16H17FN2O/c1-2-18-11-12-4-3-5-15(10-12)19-16(20)13-6-8-14(17)9-7-13/h3-10,18H,2,11H2,1H3,(H,19,20). The van der Waals surface area contributed by atoms with Gasteiger partial charge in [0.1, 0.15) is 5.82 Å².